The van der Waals surface area contributed by atoms with Gasteiger partial charge >= 0.3 is 23.9 Å². The normalized spacial score (nSPS) is 16.7. The first-order valence-electron chi connectivity index (χ1n) is 28.9. The Labute approximate surface area is 507 Å². The summed E-state index contributed by atoms with van der Waals surface area (Å²) in [5.41, 5.74) is 3.65. The second kappa shape index (κ2) is 29.4. The van der Waals surface area contributed by atoms with Crippen LogP contribution in [0.15, 0.2) is 58.5 Å². The Hall–Kier alpha value is -8.92. The van der Waals surface area contributed by atoms with E-state index in [-0.39, 0.29) is 99.2 Å². The number of unbranched alkanes of at least 4 members (excludes halogenated alkanes) is 2. The molecule has 8 rings (SSSR count). The lowest BCUT2D eigenvalue weighted by Gasteiger charge is -2.29. The molecule has 0 spiro atoms. The first-order valence-corrected chi connectivity index (χ1v) is 31.2. The number of aliphatic carboxylic acids is 3. The lowest BCUT2D eigenvalue weighted by atomic mass is 9.81. The molecule has 6 amide bonds. The van der Waals surface area contributed by atoms with E-state index < -0.39 is 135 Å². The van der Waals surface area contributed by atoms with E-state index in [4.69, 9.17) is 14.5 Å². The fourth-order valence-corrected chi connectivity index (χ4v) is 16.1. The number of hydrogen-bond donors (Lipinski definition) is 12. The van der Waals surface area contributed by atoms with Gasteiger partial charge in [-0.2, -0.15) is 0 Å². The van der Waals surface area contributed by atoms with Gasteiger partial charge < -0.3 is 81.5 Å². The number of nitrogens with zero attached hydrogens (tertiary/aromatic N) is 3. The van der Waals surface area contributed by atoms with Gasteiger partial charge in [0.15, 0.2) is 6.10 Å². The van der Waals surface area contributed by atoms with Crippen LogP contribution < -0.4 is 37.5 Å². The SMILES string of the molecule is Cc1c(F)cc2nc3c(c4c2c1CC[C@@H]4NC(=O)COCNC(=O)CNC(=O)[C@H](Cc1ccccc1)NC(=O)CNC(=O)CNC(=O)CCCCCN1C(O)=C([P+](CCC(=O)O)(CCC(=O)O)CCC(=O)O)CC1O)Cn1c-3cc2c(c1=O)COC(=O)[C@H]2O. The molecule has 12 N–H and O–H groups in total. The van der Waals surface area contributed by atoms with Crippen molar-refractivity contribution in [1.29, 1.82) is 0 Å². The summed E-state index contributed by atoms with van der Waals surface area (Å²) in [7, 11) is -2.86. The average Bonchev–Trinajstić information content (AvgIpc) is 1.73. The number of esters is 1. The molecule has 30 heteroatoms. The highest BCUT2D eigenvalue weighted by molar-refractivity contribution is 7.79. The number of aliphatic hydroxyl groups excluding tert-OH is 3. The van der Waals surface area contributed by atoms with Crippen LogP contribution in [0.3, 0.4) is 0 Å². The molecule has 4 atom stereocenters. The predicted molar refractivity (Wildman–Crippen MR) is 313 cm³/mol. The number of rotatable bonds is 31. The minimum atomic E-state index is -2.86. The smallest absolute Gasteiger partial charge is 0.340 e. The van der Waals surface area contributed by atoms with Crippen molar-refractivity contribution in [1.82, 2.24) is 46.4 Å². The molecule has 4 aromatic rings. The molecule has 0 fully saturated rings. The Kier molecular flexibility index (Phi) is 21.8. The van der Waals surface area contributed by atoms with Crippen LogP contribution in [0.25, 0.3) is 22.3 Å². The van der Waals surface area contributed by atoms with Crippen LogP contribution in [0.1, 0.15) is 109 Å². The zero-order valence-corrected chi connectivity index (χ0v) is 49.5. The number of ether oxygens (including phenoxy) is 2. The molecule has 0 saturated heterocycles. The van der Waals surface area contributed by atoms with Crippen LogP contribution in [-0.2, 0) is 83.4 Å². The van der Waals surface area contributed by atoms with E-state index >= 15 is 4.39 Å². The van der Waals surface area contributed by atoms with Gasteiger partial charge in [-0.25, -0.2) is 14.2 Å². The third-order valence-corrected chi connectivity index (χ3v) is 21.0. The number of pyridine rings is 2. The van der Waals surface area contributed by atoms with E-state index in [0.29, 0.717) is 82.0 Å². The number of halogens is 1. The maximum Gasteiger partial charge on any atom is 0.340 e. The highest BCUT2D eigenvalue weighted by Crippen LogP contribution is 2.70. The number of aliphatic hydroxyl groups is 3. The van der Waals surface area contributed by atoms with Gasteiger partial charge in [-0.15, -0.1) is 0 Å². The quantitative estimate of drug-likeness (QED) is 0.0127. The monoisotopic (exact) mass is 1260 g/mol. The van der Waals surface area contributed by atoms with Crippen LogP contribution in [0.2, 0.25) is 0 Å². The van der Waals surface area contributed by atoms with Gasteiger partial charge in [0.25, 0.3) is 5.56 Å². The van der Waals surface area contributed by atoms with Crippen LogP contribution in [-0.4, -0.2) is 175 Å². The number of carboxylic acid groups (broad SMARTS) is 3. The topological polar surface area (TPSA) is 421 Å². The molecule has 89 heavy (non-hydrogen) atoms. The van der Waals surface area contributed by atoms with Crippen molar-refractivity contribution in [3.05, 3.63) is 109 Å². The van der Waals surface area contributed by atoms with Crippen molar-refractivity contribution >= 4 is 77.5 Å². The van der Waals surface area contributed by atoms with Gasteiger partial charge in [0, 0.05) is 42.0 Å². The van der Waals surface area contributed by atoms with Crippen LogP contribution in [0.5, 0.6) is 0 Å². The van der Waals surface area contributed by atoms with E-state index in [9.17, 15) is 83.4 Å². The van der Waals surface area contributed by atoms with Gasteiger partial charge in [-0.1, -0.05) is 36.8 Å². The number of carbonyl (C=O) groups is 10. The number of aromatic nitrogens is 2. The number of hydrogen-bond acceptors (Lipinski definition) is 18. The fourth-order valence-electron chi connectivity index (χ4n) is 11.7. The molecule has 2 aromatic carbocycles. The van der Waals surface area contributed by atoms with Crippen molar-refractivity contribution in [3.8, 4) is 11.4 Å². The Bertz CT molecular complexity index is 3520. The molecular weight excluding hydrogens is 1190 g/mol. The molecule has 2 aromatic heterocycles. The third-order valence-electron chi connectivity index (χ3n) is 16.2. The second-order valence-electron chi connectivity index (χ2n) is 22.1. The van der Waals surface area contributed by atoms with Gasteiger partial charge in [0.1, 0.15) is 43.3 Å². The standard InChI is InChI=1S/C59H69FN9O19P/c1-31-33-11-12-38(53-35-27-69-41(54(35)67-39(52(33)53)22-37(31)60)21-34-36(57(69)84)28-88-59(86)55(34)82)65-47(74)29-87-30-64-45(72)25-63-56(83)40(20-32-8-4-2-5-9-32)66-46(73)26-62-44(71)24-61-43(70)10-6-3-7-16-68-48(75)23-42(58(68)85)89(17-13-49(76)77,18-14-50(78)79)19-15-51(80)81/h2,4-5,8-9,21-22,38,40,48,55,75,82H,3,6-7,10-20,23-30H2,1H3,(H9-,61,62,63,64,65,66,70,71,72,73,74,76,77,78,79,80,81,83,85)/p+1/t38-,40-,48?,55-/m0/s1. The average molecular weight is 1260 g/mol. The molecule has 0 saturated carbocycles. The van der Waals surface area contributed by atoms with Gasteiger partial charge in [0.2, 0.25) is 41.3 Å². The molecule has 3 aliphatic heterocycles. The van der Waals surface area contributed by atoms with E-state index in [1.54, 1.807) is 37.3 Å². The highest BCUT2D eigenvalue weighted by Gasteiger charge is 2.50. The third kappa shape index (κ3) is 16.1. The number of cyclic esters (lactones) is 1. The summed E-state index contributed by atoms with van der Waals surface area (Å²) in [6.45, 7) is -1.14. The van der Waals surface area contributed by atoms with Crippen molar-refractivity contribution in [2.75, 3.05) is 58.0 Å². The Morgan fingerprint density at radius 3 is 2.12 bits per heavy atom. The molecule has 1 unspecified atom stereocenters. The van der Waals surface area contributed by atoms with Crippen LogP contribution in [0, 0.1) is 12.7 Å². The minimum absolute atomic E-state index is 0.00849. The number of carbonyl (C=O) groups excluding carboxylic acids is 7. The maximum atomic E-state index is 15.3. The van der Waals surface area contributed by atoms with Crippen LogP contribution in [0.4, 0.5) is 4.39 Å². The summed E-state index contributed by atoms with van der Waals surface area (Å²) >= 11 is 0. The number of fused-ring (bicyclic) bond motifs is 5. The van der Waals surface area contributed by atoms with Gasteiger partial charge in [-0.3, -0.25) is 47.9 Å². The van der Waals surface area contributed by atoms with Gasteiger partial charge in [0.05, 0.1) is 106 Å². The molecule has 5 heterocycles. The Morgan fingerprint density at radius 2 is 1.44 bits per heavy atom. The van der Waals surface area contributed by atoms with Crippen molar-refractivity contribution < 1.29 is 92.4 Å². The summed E-state index contributed by atoms with van der Waals surface area (Å²) in [5.74, 6) is -9.25. The molecular formula is C59H70FN9O19P+. The minimum Gasteiger partial charge on any atom is -0.492 e. The van der Waals surface area contributed by atoms with E-state index in [0.717, 1.165) is 0 Å². The Balaban J connectivity index is 0.761. The van der Waals surface area contributed by atoms with Crippen LogP contribution >= 0.6 is 7.26 Å². The Morgan fingerprint density at radius 1 is 0.787 bits per heavy atom. The highest BCUT2D eigenvalue weighted by atomic mass is 31.2. The maximum absolute atomic E-state index is 15.3. The number of carboxylic acids is 3. The fraction of sp³-hybridized carbons (Fsp3) is 0.458. The molecule has 4 aliphatic rings. The summed E-state index contributed by atoms with van der Waals surface area (Å²) in [6, 6.07) is 9.56. The zero-order chi connectivity index (χ0) is 64.3. The number of amides is 6. The first-order chi connectivity index (χ1) is 42.4. The van der Waals surface area contributed by atoms with E-state index in [1.165, 1.54) is 21.6 Å². The van der Waals surface area contributed by atoms with Crippen molar-refractivity contribution in [3.63, 3.8) is 0 Å². The zero-order valence-electron chi connectivity index (χ0n) is 48.6. The predicted octanol–water partition coefficient (Wildman–Crippen LogP) is 0.986. The largest absolute Gasteiger partial charge is 0.492 e. The summed E-state index contributed by atoms with van der Waals surface area (Å²) in [5, 5.41) is 77.2. The number of benzene rings is 2. The first kappa shape index (κ1) is 66.0. The molecule has 0 radical (unpaired) electrons. The summed E-state index contributed by atoms with van der Waals surface area (Å²) in [6.07, 6.45) is -2.48. The summed E-state index contributed by atoms with van der Waals surface area (Å²) in [4.78, 5) is 145. The van der Waals surface area contributed by atoms with Crippen molar-refractivity contribution in [2.45, 2.75) is 115 Å². The lowest BCUT2D eigenvalue weighted by molar-refractivity contribution is -0.157. The molecule has 476 valence electrons. The van der Waals surface area contributed by atoms with E-state index in [2.05, 4.69) is 31.9 Å². The molecule has 1 aliphatic carbocycles. The van der Waals surface area contributed by atoms with E-state index in [1.807, 2.05) is 0 Å². The lowest BCUT2D eigenvalue weighted by Crippen LogP contribution is -2.52. The molecule has 28 nitrogen and oxygen atoms in total. The number of aryl methyl sites for hydroxylation is 1. The second-order valence-corrected chi connectivity index (χ2v) is 26.3. The molecule has 0 bridgehead atoms. The van der Waals surface area contributed by atoms with Gasteiger partial charge in [-0.05, 0) is 60.9 Å². The summed E-state index contributed by atoms with van der Waals surface area (Å²) < 4.78 is 27.3. The van der Waals surface area contributed by atoms with Crippen molar-refractivity contribution in [2.24, 2.45) is 0 Å². The number of nitrogens with one attached hydrogen (secondary N) is 6.